The van der Waals surface area contributed by atoms with Gasteiger partial charge in [-0.25, -0.2) is 0 Å². The van der Waals surface area contributed by atoms with Crippen molar-refractivity contribution in [1.29, 1.82) is 0 Å². The number of ketones is 1. The van der Waals surface area contributed by atoms with Crippen molar-refractivity contribution in [3.63, 3.8) is 0 Å². The topological polar surface area (TPSA) is 67.9 Å². The second kappa shape index (κ2) is 10.0. The van der Waals surface area contributed by atoms with E-state index in [0.29, 0.717) is 45.6 Å². The Kier molecular flexibility index (Phi) is 6.89. The Morgan fingerprint density at radius 3 is 2.32 bits per heavy atom. The molecular formula is C27H25ClN2O4. The monoisotopic (exact) mass is 476 g/mol. The number of likely N-dealkylation sites (N-methyl/N-ethyl adjacent to an activating group) is 1. The highest BCUT2D eigenvalue weighted by Crippen LogP contribution is 2.34. The van der Waals surface area contributed by atoms with Crippen molar-refractivity contribution in [2.24, 2.45) is 0 Å². The second-order valence-corrected chi connectivity index (χ2v) is 8.35. The number of methoxy groups -OCH3 is 2. The number of carbonyl (C=O) groups is 2. The van der Waals surface area contributed by atoms with E-state index in [1.807, 2.05) is 30.2 Å². The summed E-state index contributed by atoms with van der Waals surface area (Å²) in [6, 6.07) is 17.5. The Bertz CT molecular complexity index is 1270. The van der Waals surface area contributed by atoms with Gasteiger partial charge in [0.15, 0.2) is 11.5 Å². The maximum atomic E-state index is 13.4. The van der Waals surface area contributed by atoms with Crippen LogP contribution in [0.25, 0.3) is 6.08 Å². The third-order valence-corrected chi connectivity index (χ3v) is 6.15. The minimum Gasteiger partial charge on any atom is -0.493 e. The van der Waals surface area contributed by atoms with Crippen molar-refractivity contribution in [3.05, 3.63) is 93.6 Å². The predicted octanol–water partition coefficient (Wildman–Crippen LogP) is 5.32. The zero-order valence-corrected chi connectivity index (χ0v) is 20.0. The van der Waals surface area contributed by atoms with E-state index in [9.17, 15) is 9.59 Å². The molecule has 1 aliphatic rings. The van der Waals surface area contributed by atoms with E-state index in [0.717, 1.165) is 17.5 Å². The van der Waals surface area contributed by atoms with Crippen LogP contribution in [0.15, 0.2) is 66.4 Å². The van der Waals surface area contributed by atoms with Crippen molar-refractivity contribution >= 4 is 35.1 Å². The summed E-state index contributed by atoms with van der Waals surface area (Å²) in [4.78, 5) is 27.8. The van der Waals surface area contributed by atoms with Crippen molar-refractivity contribution in [3.8, 4) is 11.5 Å². The fraction of sp³-hybridized carbons (Fsp3) is 0.185. The number of hydrogen-bond acceptors (Lipinski definition) is 5. The molecule has 0 fully saturated rings. The van der Waals surface area contributed by atoms with Crippen LogP contribution in [-0.4, -0.2) is 44.4 Å². The third-order valence-electron chi connectivity index (χ3n) is 5.82. The van der Waals surface area contributed by atoms with Crippen LogP contribution in [0.2, 0.25) is 5.02 Å². The first-order chi connectivity index (χ1) is 16.4. The summed E-state index contributed by atoms with van der Waals surface area (Å²) < 4.78 is 10.9. The Balaban J connectivity index is 1.57. The first-order valence-electron chi connectivity index (χ1n) is 10.8. The Morgan fingerprint density at radius 2 is 1.65 bits per heavy atom. The molecule has 0 saturated heterocycles. The molecule has 0 spiro atoms. The van der Waals surface area contributed by atoms with Gasteiger partial charge in [-0.2, -0.15) is 0 Å². The number of hydrogen-bond donors (Lipinski definition) is 1. The summed E-state index contributed by atoms with van der Waals surface area (Å²) in [5.74, 6) is 0.875. The van der Waals surface area contributed by atoms with Gasteiger partial charge in [-0.1, -0.05) is 23.7 Å². The number of amides is 1. The highest BCUT2D eigenvalue weighted by molar-refractivity contribution is 6.34. The van der Waals surface area contributed by atoms with Gasteiger partial charge in [0.05, 0.1) is 30.5 Å². The number of Topliss-reactive ketones (excluding diaryl/α,β-unsaturated/α-hetero) is 1. The number of anilines is 1. The van der Waals surface area contributed by atoms with Crippen molar-refractivity contribution in [1.82, 2.24) is 4.90 Å². The summed E-state index contributed by atoms with van der Waals surface area (Å²) in [5, 5.41) is 3.19. The summed E-state index contributed by atoms with van der Waals surface area (Å²) in [5.41, 5.74) is 4.09. The van der Waals surface area contributed by atoms with Gasteiger partial charge in [0.1, 0.15) is 0 Å². The van der Waals surface area contributed by atoms with Crippen LogP contribution in [0.4, 0.5) is 5.69 Å². The third kappa shape index (κ3) is 4.77. The van der Waals surface area contributed by atoms with Crippen LogP contribution in [-0.2, 0) is 6.42 Å². The number of fused-ring (bicyclic) bond motifs is 1. The maximum absolute atomic E-state index is 13.4. The molecule has 0 saturated carbocycles. The minimum absolute atomic E-state index is 0.103. The lowest BCUT2D eigenvalue weighted by Gasteiger charge is -2.20. The van der Waals surface area contributed by atoms with Crippen LogP contribution in [0.1, 0.15) is 31.8 Å². The largest absolute Gasteiger partial charge is 0.493 e. The van der Waals surface area contributed by atoms with Crippen LogP contribution in [0.3, 0.4) is 0 Å². The molecule has 0 radical (unpaired) electrons. The van der Waals surface area contributed by atoms with E-state index in [1.165, 1.54) is 0 Å². The van der Waals surface area contributed by atoms with Gasteiger partial charge < -0.3 is 19.7 Å². The van der Waals surface area contributed by atoms with Gasteiger partial charge in [0.2, 0.25) is 5.78 Å². The summed E-state index contributed by atoms with van der Waals surface area (Å²) in [6.45, 7) is 0.687. The maximum Gasteiger partial charge on any atom is 0.257 e. The normalized spacial score (nSPS) is 12.8. The number of nitrogens with zero attached hydrogens (tertiary/aromatic N) is 1. The van der Waals surface area contributed by atoms with Crippen LogP contribution < -0.4 is 14.8 Å². The standard InChI is InChI=1S/C27H25ClN2O4/c1-30-13-12-18-15-24(33-2)25(34-3)16-19(18)14-23(30)26(31)17-8-10-20(11-9-17)29-27(32)21-6-4-5-7-22(21)28/h4-11,14-16H,12-13H2,1-3H3,(H,29,32). The summed E-state index contributed by atoms with van der Waals surface area (Å²) >= 11 is 6.11. The number of allylic oxidation sites excluding steroid dienone is 1. The fourth-order valence-corrected chi connectivity index (χ4v) is 4.11. The molecule has 1 heterocycles. The smallest absolute Gasteiger partial charge is 0.257 e. The molecule has 4 rings (SSSR count). The fourth-order valence-electron chi connectivity index (χ4n) is 3.89. The molecule has 0 aliphatic carbocycles. The number of carbonyl (C=O) groups excluding carboxylic acids is 2. The van der Waals surface area contributed by atoms with E-state index in [-0.39, 0.29) is 11.7 Å². The van der Waals surface area contributed by atoms with Gasteiger partial charge in [0.25, 0.3) is 5.91 Å². The number of ether oxygens (including phenoxy) is 2. The first kappa shape index (κ1) is 23.4. The molecule has 34 heavy (non-hydrogen) atoms. The number of rotatable bonds is 6. The molecule has 0 aromatic heterocycles. The van der Waals surface area contributed by atoms with Crippen LogP contribution in [0, 0.1) is 0 Å². The van der Waals surface area contributed by atoms with Gasteiger partial charge in [-0.3, -0.25) is 9.59 Å². The van der Waals surface area contributed by atoms with Gasteiger partial charge in [-0.05, 0) is 72.2 Å². The minimum atomic E-state index is -0.308. The molecule has 0 atom stereocenters. The van der Waals surface area contributed by atoms with Crippen molar-refractivity contribution < 1.29 is 19.1 Å². The molecule has 7 heteroatoms. The Hall–Kier alpha value is -3.77. The van der Waals surface area contributed by atoms with Crippen LogP contribution >= 0.6 is 11.6 Å². The molecular weight excluding hydrogens is 452 g/mol. The molecule has 0 bridgehead atoms. The number of benzene rings is 3. The molecule has 6 nitrogen and oxygen atoms in total. The summed E-state index contributed by atoms with van der Waals surface area (Å²) in [6.07, 6.45) is 2.66. The van der Waals surface area contributed by atoms with E-state index in [4.69, 9.17) is 21.1 Å². The highest BCUT2D eigenvalue weighted by Gasteiger charge is 2.22. The van der Waals surface area contributed by atoms with E-state index >= 15 is 0 Å². The quantitative estimate of drug-likeness (QED) is 0.487. The Labute approximate surface area is 203 Å². The average molecular weight is 477 g/mol. The number of nitrogens with one attached hydrogen (secondary N) is 1. The van der Waals surface area contributed by atoms with Crippen LogP contribution in [0.5, 0.6) is 11.5 Å². The van der Waals surface area contributed by atoms with Gasteiger partial charge >= 0.3 is 0 Å². The molecule has 3 aromatic carbocycles. The number of halogens is 1. The lowest BCUT2D eigenvalue weighted by molar-refractivity contribution is 0.0999. The Morgan fingerprint density at radius 1 is 0.971 bits per heavy atom. The summed E-state index contributed by atoms with van der Waals surface area (Å²) in [7, 11) is 5.11. The second-order valence-electron chi connectivity index (χ2n) is 7.95. The predicted molar refractivity (Wildman–Crippen MR) is 134 cm³/mol. The van der Waals surface area contributed by atoms with Gasteiger partial charge in [0, 0.05) is 24.8 Å². The first-order valence-corrected chi connectivity index (χ1v) is 11.2. The van der Waals surface area contributed by atoms with E-state index in [2.05, 4.69) is 5.32 Å². The molecule has 3 aromatic rings. The lowest BCUT2D eigenvalue weighted by Crippen LogP contribution is -2.24. The van der Waals surface area contributed by atoms with Crippen molar-refractivity contribution in [2.45, 2.75) is 6.42 Å². The highest BCUT2D eigenvalue weighted by atomic mass is 35.5. The molecule has 0 unspecified atom stereocenters. The SMILES string of the molecule is COc1cc2c(cc1OC)CCN(C)C(C(=O)c1ccc(NC(=O)c3ccccc3Cl)cc1)=C2. The molecule has 174 valence electrons. The molecule has 1 amide bonds. The zero-order valence-electron chi connectivity index (χ0n) is 19.2. The van der Waals surface area contributed by atoms with E-state index in [1.54, 1.807) is 62.8 Å². The molecule has 1 aliphatic heterocycles. The lowest BCUT2D eigenvalue weighted by atomic mass is 10.0. The van der Waals surface area contributed by atoms with Gasteiger partial charge in [-0.15, -0.1) is 0 Å². The van der Waals surface area contributed by atoms with E-state index < -0.39 is 0 Å². The zero-order chi connectivity index (χ0) is 24.2. The van der Waals surface area contributed by atoms with Crippen molar-refractivity contribution in [2.75, 3.05) is 33.1 Å². The average Bonchev–Trinajstić information content (AvgIpc) is 3.01. The molecule has 1 N–H and O–H groups in total.